The summed E-state index contributed by atoms with van der Waals surface area (Å²) < 4.78 is 31.0. The van der Waals surface area contributed by atoms with Crippen molar-refractivity contribution in [1.82, 2.24) is 0 Å². The van der Waals surface area contributed by atoms with Gasteiger partial charge in [0, 0.05) is 22.5 Å². The van der Waals surface area contributed by atoms with Gasteiger partial charge in [0.05, 0.1) is 0 Å². The molecule has 2 rings (SSSR count). The van der Waals surface area contributed by atoms with Crippen LogP contribution in [0.3, 0.4) is 0 Å². The maximum atomic E-state index is 11.0. The second kappa shape index (κ2) is 4.33. The first-order valence-corrected chi connectivity index (χ1v) is 5.48. The monoisotopic (exact) mass is 264 g/mol. The van der Waals surface area contributed by atoms with E-state index in [0.29, 0.717) is 5.39 Å². The summed E-state index contributed by atoms with van der Waals surface area (Å²) in [5, 5.41) is 1.33. The van der Waals surface area contributed by atoms with E-state index < -0.39 is 10.1 Å². The molecule has 0 aliphatic carbocycles. The molecule has 5 heteroatoms. The first-order valence-electron chi connectivity index (χ1n) is 4.04. The van der Waals surface area contributed by atoms with Gasteiger partial charge in [0.2, 0.25) is 0 Å². The molecule has 0 fully saturated rings. The first-order chi connectivity index (χ1) is 6.59. The molecular weight excluding hydrogens is 256 g/mol. The van der Waals surface area contributed by atoms with Crippen LogP contribution in [0.15, 0.2) is 47.4 Å². The summed E-state index contributed by atoms with van der Waals surface area (Å²) in [6.45, 7) is 0. The molecule has 0 aliphatic heterocycles. The fourth-order valence-corrected chi connectivity index (χ4v) is 2.13. The van der Waals surface area contributed by atoms with Crippen LogP contribution in [-0.2, 0) is 27.2 Å². The summed E-state index contributed by atoms with van der Waals surface area (Å²) in [5.41, 5.74) is 0. The third kappa shape index (κ3) is 2.38. The Kier molecular flexibility index (Phi) is 3.52. The van der Waals surface area contributed by atoms with Crippen LogP contribution in [0.2, 0.25) is 0 Å². The van der Waals surface area contributed by atoms with Crippen molar-refractivity contribution < 1.29 is 30.0 Å². The fraction of sp³-hybridized carbons (Fsp3) is 0. The van der Waals surface area contributed by atoms with Crippen LogP contribution in [0.4, 0.5) is 0 Å². The van der Waals surface area contributed by atoms with Gasteiger partial charge in [-0.3, -0.25) is 4.55 Å². The molecule has 0 saturated carbocycles. The normalized spacial score (nSPS) is 11.0. The Hall–Kier alpha value is -0.871. The Morgan fingerprint density at radius 2 is 1.53 bits per heavy atom. The van der Waals surface area contributed by atoms with Crippen LogP contribution >= 0.6 is 0 Å². The Morgan fingerprint density at radius 3 is 2.20 bits per heavy atom. The smallest absolute Gasteiger partial charge is 0.282 e. The minimum Gasteiger partial charge on any atom is -0.282 e. The molecule has 0 amide bonds. The van der Waals surface area contributed by atoms with E-state index in [-0.39, 0.29) is 22.0 Å². The van der Waals surface area contributed by atoms with Crippen molar-refractivity contribution in [3.8, 4) is 0 Å². The minimum atomic E-state index is -4.13. The average Bonchev–Trinajstić information content (AvgIpc) is 2.15. The van der Waals surface area contributed by atoms with E-state index >= 15 is 0 Å². The van der Waals surface area contributed by atoms with Gasteiger partial charge < -0.3 is 0 Å². The molecular formula is C10H8FeO3S. The maximum absolute atomic E-state index is 11.0. The molecule has 0 radical (unpaired) electrons. The topological polar surface area (TPSA) is 54.4 Å². The molecule has 0 aromatic heterocycles. The van der Waals surface area contributed by atoms with Crippen LogP contribution in [0.5, 0.6) is 0 Å². The quantitative estimate of drug-likeness (QED) is 0.633. The van der Waals surface area contributed by atoms with Crippen LogP contribution in [0, 0.1) is 0 Å². The van der Waals surface area contributed by atoms with E-state index in [4.69, 9.17) is 4.55 Å². The molecule has 0 saturated heterocycles. The van der Waals surface area contributed by atoms with Crippen molar-refractivity contribution in [1.29, 1.82) is 0 Å². The number of fused-ring (bicyclic) bond motifs is 1. The summed E-state index contributed by atoms with van der Waals surface area (Å²) in [6, 6.07) is 11.8. The van der Waals surface area contributed by atoms with Gasteiger partial charge >= 0.3 is 0 Å². The number of benzene rings is 2. The van der Waals surface area contributed by atoms with E-state index in [1.807, 2.05) is 6.07 Å². The van der Waals surface area contributed by atoms with Gasteiger partial charge in [-0.2, -0.15) is 8.42 Å². The second-order valence-corrected chi connectivity index (χ2v) is 4.34. The predicted molar refractivity (Wildman–Crippen MR) is 53.8 cm³/mol. The van der Waals surface area contributed by atoms with Crippen molar-refractivity contribution in [2.45, 2.75) is 4.90 Å². The van der Waals surface area contributed by atoms with Gasteiger partial charge in [-0.05, 0) is 11.5 Å². The molecule has 0 heterocycles. The summed E-state index contributed by atoms with van der Waals surface area (Å²) in [4.78, 5) is -0.0457. The van der Waals surface area contributed by atoms with Crippen LogP contribution in [0.1, 0.15) is 0 Å². The van der Waals surface area contributed by atoms with Crippen LogP contribution < -0.4 is 0 Å². The van der Waals surface area contributed by atoms with E-state index in [2.05, 4.69) is 0 Å². The zero-order valence-corrected chi connectivity index (χ0v) is 9.49. The molecule has 2 aromatic carbocycles. The molecule has 0 aliphatic rings. The van der Waals surface area contributed by atoms with Gasteiger partial charge in [-0.25, -0.2) is 0 Å². The Balaban J connectivity index is 0.00000112. The molecule has 0 bridgehead atoms. The van der Waals surface area contributed by atoms with Crippen LogP contribution in [0.25, 0.3) is 10.8 Å². The Morgan fingerprint density at radius 1 is 0.933 bits per heavy atom. The molecule has 2 aromatic rings. The molecule has 3 nitrogen and oxygen atoms in total. The van der Waals surface area contributed by atoms with Crippen molar-refractivity contribution >= 4 is 20.9 Å². The van der Waals surface area contributed by atoms with Crippen LogP contribution in [-0.4, -0.2) is 13.0 Å². The van der Waals surface area contributed by atoms with Crippen molar-refractivity contribution in [3.63, 3.8) is 0 Å². The molecule has 0 unspecified atom stereocenters. The SMILES string of the molecule is O=S(=O)(O)c1cccc2ccccc12.[Fe]. The Labute approximate surface area is 98.3 Å². The van der Waals surface area contributed by atoms with E-state index in [9.17, 15) is 8.42 Å². The fourth-order valence-electron chi connectivity index (χ4n) is 1.42. The predicted octanol–water partition coefficient (Wildman–Crippen LogP) is 2.08. The minimum absolute atomic E-state index is 0. The van der Waals surface area contributed by atoms with Gasteiger partial charge in [-0.15, -0.1) is 0 Å². The summed E-state index contributed by atoms with van der Waals surface area (Å²) in [7, 11) is -4.13. The van der Waals surface area contributed by atoms with Crippen molar-refractivity contribution in [3.05, 3.63) is 42.5 Å². The molecule has 0 spiro atoms. The summed E-state index contributed by atoms with van der Waals surface area (Å²) in [5.74, 6) is 0. The van der Waals surface area contributed by atoms with Gasteiger partial charge in [-0.1, -0.05) is 36.4 Å². The van der Waals surface area contributed by atoms with Gasteiger partial charge in [0.15, 0.2) is 0 Å². The zero-order chi connectivity index (χ0) is 10.2. The van der Waals surface area contributed by atoms with Crippen molar-refractivity contribution in [2.24, 2.45) is 0 Å². The Bertz CT molecular complexity index is 573. The van der Waals surface area contributed by atoms with E-state index in [1.165, 1.54) is 6.07 Å². The number of hydrogen-bond donors (Lipinski definition) is 1. The molecule has 80 valence electrons. The number of rotatable bonds is 1. The standard InChI is InChI=1S/C10H8O3S.Fe/c11-14(12,13)10-7-3-5-8-4-1-2-6-9(8)10;/h1-7H,(H,11,12,13);. The average molecular weight is 264 g/mol. The third-order valence-corrected chi connectivity index (χ3v) is 2.94. The first kappa shape index (κ1) is 12.2. The van der Waals surface area contributed by atoms with Gasteiger partial charge in [0.1, 0.15) is 4.90 Å². The van der Waals surface area contributed by atoms with Crippen molar-refractivity contribution in [2.75, 3.05) is 0 Å². The second-order valence-electron chi connectivity index (χ2n) is 2.95. The third-order valence-electron chi connectivity index (χ3n) is 2.03. The molecule has 0 atom stereocenters. The molecule has 15 heavy (non-hydrogen) atoms. The summed E-state index contributed by atoms with van der Waals surface area (Å²) >= 11 is 0. The van der Waals surface area contributed by atoms with Gasteiger partial charge in [0.25, 0.3) is 10.1 Å². The zero-order valence-electron chi connectivity index (χ0n) is 7.57. The van der Waals surface area contributed by atoms with E-state index in [1.54, 1.807) is 30.3 Å². The maximum Gasteiger partial charge on any atom is 0.295 e. The summed E-state index contributed by atoms with van der Waals surface area (Å²) in [6.07, 6.45) is 0. The number of hydrogen-bond acceptors (Lipinski definition) is 2. The largest absolute Gasteiger partial charge is 0.295 e. The molecule has 1 N–H and O–H groups in total. The van der Waals surface area contributed by atoms with E-state index in [0.717, 1.165) is 5.39 Å².